The van der Waals surface area contributed by atoms with Gasteiger partial charge in [-0.3, -0.25) is 4.79 Å². The lowest BCUT2D eigenvalue weighted by Gasteiger charge is -2.27. The Hall–Kier alpha value is -3.58. The highest BCUT2D eigenvalue weighted by Crippen LogP contribution is 2.45. The molecule has 7 heteroatoms. The maximum Gasteiger partial charge on any atom is 0.238 e. The highest BCUT2D eigenvalue weighted by Gasteiger charge is 2.33. The van der Waals surface area contributed by atoms with Crippen LogP contribution >= 0.6 is 11.3 Å². The molecular weight excluding hydrogens is 400 g/mol. The van der Waals surface area contributed by atoms with Crippen molar-refractivity contribution in [2.75, 3.05) is 19.5 Å². The van der Waals surface area contributed by atoms with E-state index in [-0.39, 0.29) is 5.91 Å². The first kappa shape index (κ1) is 18.4. The first-order valence-corrected chi connectivity index (χ1v) is 10.2. The normalized spacial score (nSPS) is 12.6. The lowest BCUT2D eigenvalue weighted by Crippen LogP contribution is -2.24. The van der Waals surface area contributed by atoms with Gasteiger partial charge >= 0.3 is 0 Å². The molecule has 0 bridgehead atoms. The van der Waals surface area contributed by atoms with Crippen LogP contribution in [-0.4, -0.2) is 25.1 Å². The predicted octanol–water partition coefficient (Wildman–Crippen LogP) is 5.19. The van der Waals surface area contributed by atoms with Crippen molar-refractivity contribution in [1.82, 2.24) is 4.98 Å². The lowest BCUT2D eigenvalue weighted by atomic mass is 9.87. The van der Waals surface area contributed by atoms with Crippen molar-refractivity contribution >= 4 is 32.6 Å². The zero-order valence-electron chi connectivity index (χ0n) is 16.3. The summed E-state index contributed by atoms with van der Waals surface area (Å²) in [5, 5.41) is 3.47. The average molecular weight is 418 g/mol. The SMILES string of the molecule is COc1ccc(OC)c2sc(NC(=O)C3c4ccccc4Oc4ccccc43)nc12. The summed E-state index contributed by atoms with van der Waals surface area (Å²) in [4.78, 5) is 18.0. The van der Waals surface area contributed by atoms with Crippen molar-refractivity contribution < 1.29 is 19.0 Å². The van der Waals surface area contributed by atoms with Gasteiger partial charge in [-0.15, -0.1) is 0 Å². The van der Waals surface area contributed by atoms with Gasteiger partial charge in [-0.05, 0) is 24.3 Å². The smallest absolute Gasteiger partial charge is 0.238 e. The van der Waals surface area contributed by atoms with Crippen molar-refractivity contribution in [2.24, 2.45) is 0 Å². The van der Waals surface area contributed by atoms with E-state index >= 15 is 0 Å². The van der Waals surface area contributed by atoms with Gasteiger partial charge in [0.25, 0.3) is 0 Å². The number of methoxy groups -OCH3 is 2. The number of benzene rings is 3. The summed E-state index contributed by atoms with van der Waals surface area (Å²) < 4.78 is 17.7. The maximum atomic E-state index is 13.4. The molecule has 1 amide bonds. The quantitative estimate of drug-likeness (QED) is 0.494. The van der Waals surface area contributed by atoms with E-state index in [2.05, 4.69) is 10.3 Å². The predicted molar refractivity (Wildman–Crippen MR) is 116 cm³/mol. The van der Waals surface area contributed by atoms with Gasteiger partial charge in [0, 0.05) is 11.1 Å². The minimum atomic E-state index is -0.498. The van der Waals surface area contributed by atoms with Gasteiger partial charge in [-0.2, -0.15) is 0 Å². The van der Waals surface area contributed by atoms with Crippen LogP contribution in [0.15, 0.2) is 60.7 Å². The first-order chi connectivity index (χ1) is 14.7. The molecule has 4 aromatic rings. The van der Waals surface area contributed by atoms with Crippen molar-refractivity contribution in [3.05, 3.63) is 71.8 Å². The van der Waals surface area contributed by atoms with Crippen LogP contribution in [0.1, 0.15) is 17.0 Å². The summed E-state index contributed by atoms with van der Waals surface area (Å²) in [6, 6.07) is 18.8. The minimum Gasteiger partial charge on any atom is -0.495 e. The summed E-state index contributed by atoms with van der Waals surface area (Å²) in [6.07, 6.45) is 0. The fourth-order valence-corrected chi connectivity index (χ4v) is 4.69. The first-order valence-electron chi connectivity index (χ1n) is 9.37. The Morgan fingerprint density at radius 2 is 1.53 bits per heavy atom. The second-order valence-electron chi connectivity index (χ2n) is 6.77. The molecule has 2 heterocycles. The maximum absolute atomic E-state index is 13.4. The van der Waals surface area contributed by atoms with Gasteiger partial charge in [0.15, 0.2) is 5.13 Å². The molecular formula is C23H18N2O4S. The second-order valence-corrected chi connectivity index (χ2v) is 7.77. The third-order valence-corrected chi connectivity index (χ3v) is 6.07. The van der Waals surface area contributed by atoms with Crippen LogP contribution in [0.3, 0.4) is 0 Å². The van der Waals surface area contributed by atoms with Crippen LogP contribution in [0.2, 0.25) is 0 Å². The van der Waals surface area contributed by atoms with E-state index in [1.165, 1.54) is 11.3 Å². The van der Waals surface area contributed by atoms with Gasteiger partial charge in [0.1, 0.15) is 33.2 Å². The Labute approximate surface area is 177 Å². The molecule has 30 heavy (non-hydrogen) atoms. The van der Waals surface area contributed by atoms with E-state index in [9.17, 15) is 4.79 Å². The molecule has 0 radical (unpaired) electrons. The van der Waals surface area contributed by atoms with Crippen molar-refractivity contribution in [3.8, 4) is 23.0 Å². The van der Waals surface area contributed by atoms with Crippen LogP contribution in [-0.2, 0) is 4.79 Å². The lowest BCUT2D eigenvalue weighted by molar-refractivity contribution is -0.116. The second kappa shape index (κ2) is 7.35. The molecule has 0 spiro atoms. The standard InChI is InChI=1S/C23H18N2O4S/c1-27-17-11-12-18(28-2)21-20(17)24-23(30-21)25-22(26)19-13-7-3-5-9-15(13)29-16-10-6-4-8-14(16)19/h3-12,19H,1-2H3,(H,24,25,26). The van der Waals surface area contributed by atoms with Crippen molar-refractivity contribution in [3.63, 3.8) is 0 Å². The number of para-hydroxylation sites is 2. The molecule has 6 nitrogen and oxygen atoms in total. The van der Waals surface area contributed by atoms with Gasteiger partial charge in [0.05, 0.1) is 20.1 Å². The number of amides is 1. The highest BCUT2D eigenvalue weighted by molar-refractivity contribution is 7.22. The summed E-state index contributed by atoms with van der Waals surface area (Å²) in [5.74, 6) is 2.01. The van der Waals surface area contributed by atoms with Gasteiger partial charge in [-0.1, -0.05) is 47.7 Å². The van der Waals surface area contributed by atoms with Crippen molar-refractivity contribution in [2.45, 2.75) is 5.92 Å². The molecule has 0 fully saturated rings. The third kappa shape index (κ3) is 2.95. The largest absolute Gasteiger partial charge is 0.495 e. The fourth-order valence-electron chi connectivity index (χ4n) is 3.71. The van der Waals surface area contributed by atoms with E-state index in [1.54, 1.807) is 20.3 Å². The van der Waals surface area contributed by atoms with Crippen LogP contribution in [0.5, 0.6) is 23.0 Å². The molecule has 1 aliphatic rings. The zero-order chi connectivity index (χ0) is 20.7. The van der Waals surface area contributed by atoms with Gasteiger partial charge in [0.2, 0.25) is 5.91 Å². The molecule has 0 saturated carbocycles. The molecule has 0 saturated heterocycles. The van der Waals surface area contributed by atoms with Crippen LogP contribution < -0.4 is 19.5 Å². The Morgan fingerprint density at radius 3 is 2.17 bits per heavy atom. The van der Waals surface area contributed by atoms with E-state index < -0.39 is 5.92 Å². The number of thiazole rings is 1. The van der Waals surface area contributed by atoms with E-state index in [1.807, 2.05) is 54.6 Å². The highest BCUT2D eigenvalue weighted by atomic mass is 32.1. The molecule has 0 atom stereocenters. The molecule has 150 valence electrons. The average Bonchev–Trinajstić information content (AvgIpc) is 3.20. The number of hydrogen-bond acceptors (Lipinski definition) is 6. The summed E-state index contributed by atoms with van der Waals surface area (Å²) in [6.45, 7) is 0. The third-order valence-electron chi connectivity index (χ3n) is 5.08. The number of carbonyl (C=O) groups is 1. The zero-order valence-corrected chi connectivity index (χ0v) is 17.2. The number of nitrogens with one attached hydrogen (secondary N) is 1. The number of ether oxygens (including phenoxy) is 3. The molecule has 0 aliphatic carbocycles. The Kier molecular flexibility index (Phi) is 4.52. The number of carbonyl (C=O) groups excluding carboxylic acids is 1. The van der Waals surface area contributed by atoms with E-state index in [0.29, 0.717) is 33.6 Å². The number of aromatic nitrogens is 1. The molecule has 1 aliphatic heterocycles. The number of anilines is 1. The fraction of sp³-hybridized carbons (Fsp3) is 0.130. The number of hydrogen-bond donors (Lipinski definition) is 1. The molecule has 1 aromatic heterocycles. The number of rotatable bonds is 4. The van der Waals surface area contributed by atoms with Crippen molar-refractivity contribution in [1.29, 1.82) is 0 Å². The number of nitrogens with zero attached hydrogens (tertiary/aromatic N) is 1. The molecule has 3 aromatic carbocycles. The minimum absolute atomic E-state index is 0.171. The topological polar surface area (TPSA) is 69.7 Å². The number of fused-ring (bicyclic) bond motifs is 3. The monoisotopic (exact) mass is 418 g/mol. The van der Waals surface area contributed by atoms with E-state index in [0.717, 1.165) is 15.8 Å². The Balaban J connectivity index is 1.55. The molecule has 0 unspecified atom stereocenters. The summed E-state index contributed by atoms with van der Waals surface area (Å²) in [7, 11) is 3.20. The Morgan fingerprint density at radius 1 is 0.933 bits per heavy atom. The van der Waals surface area contributed by atoms with Gasteiger partial charge < -0.3 is 19.5 Å². The molecule has 1 N–H and O–H groups in total. The molecule has 5 rings (SSSR count). The summed E-state index contributed by atoms with van der Waals surface area (Å²) >= 11 is 1.35. The Bertz CT molecular complexity index is 1180. The van der Waals surface area contributed by atoms with Crippen LogP contribution in [0.4, 0.5) is 5.13 Å². The van der Waals surface area contributed by atoms with Gasteiger partial charge in [-0.25, -0.2) is 4.98 Å². The van der Waals surface area contributed by atoms with Crippen LogP contribution in [0, 0.1) is 0 Å². The summed E-state index contributed by atoms with van der Waals surface area (Å²) in [5.41, 5.74) is 2.31. The van der Waals surface area contributed by atoms with Crippen LogP contribution in [0.25, 0.3) is 10.2 Å². The van der Waals surface area contributed by atoms with E-state index in [4.69, 9.17) is 14.2 Å².